The van der Waals surface area contributed by atoms with E-state index in [9.17, 15) is 8.42 Å². The van der Waals surface area contributed by atoms with E-state index in [1.54, 1.807) is 0 Å². The van der Waals surface area contributed by atoms with Gasteiger partial charge in [-0.05, 0) is 31.9 Å². The summed E-state index contributed by atoms with van der Waals surface area (Å²) in [6.45, 7) is 2.93. The van der Waals surface area contributed by atoms with Crippen LogP contribution < -0.4 is 5.32 Å². The van der Waals surface area contributed by atoms with E-state index in [4.69, 9.17) is 0 Å². The van der Waals surface area contributed by atoms with Crippen LogP contribution in [0.15, 0.2) is 24.3 Å². The second kappa shape index (κ2) is 5.19. The van der Waals surface area contributed by atoms with Gasteiger partial charge in [0, 0.05) is 6.04 Å². The fraction of sp³-hybridized carbons (Fsp3) is 0.538. The molecule has 1 unspecified atom stereocenters. The lowest BCUT2D eigenvalue weighted by atomic mass is 10.2. The normalized spacial score (nSPS) is 20.6. The molecule has 1 fully saturated rings. The van der Waals surface area contributed by atoms with Crippen molar-refractivity contribution in [3.63, 3.8) is 0 Å². The fourth-order valence-electron chi connectivity index (χ4n) is 2.32. The standard InChI is InChI=1S/C13H19NO2S/c1-11-4-2-5-12(8-11)9-17(15,16)10-13-6-3-7-14-13/h2,4-5,8,13-14H,3,6-7,9-10H2,1H3. The summed E-state index contributed by atoms with van der Waals surface area (Å²) >= 11 is 0. The topological polar surface area (TPSA) is 46.2 Å². The van der Waals surface area contributed by atoms with Crippen LogP contribution in [0.4, 0.5) is 0 Å². The summed E-state index contributed by atoms with van der Waals surface area (Å²) in [6.07, 6.45) is 2.07. The van der Waals surface area contributed by atoms with Gasteiger partial charge in [0.1, 0.15) is 0 Å². The third-order valence-electron chi connectivity index (χ3n) is 3.09. The number of benzene rings is 1. The van der Waals surface area contributed by atoms with Crippen LogP contribution in [0.25, 0.3) is 0 Å². The zero-order valence-electron chi connectivity index (χ0n) is 10.1. The van der Waals surface area contributed by atoms with Gasteiger partial charge in [0.05, 0.1) is 11.5 Å². The predicted molar refractivity (Wildman–Crippen MR) is 69.7 cm³/mol. The zero-order chi connectivity index (χ0) is 12.3. The van der Waals surface area contributed by atoms with Crippen LogP contribution in [0.5, 0.6) is 0 Å². The summed E-state index contributed by atoms with van der Waals surface area (Å²) < 4.78 is 24.1. The van der Waals surface area contributed by atoms with E-state index in [0.717, 1.165) is 30.5 Å². The minimum Gasteiger partial charge on any atom is -0.313 e. The van der Waals surface area contributed by atoms with Gasteiger partial charge in [-0.1, -0.05) is 29.8 Å². The summed E-state index contributed by atoms with van der Waals surface area (Å²) in [5.74, 6) is 0.424. The highest BCUT2D eigenvalue weighted by Crippen LogP contribution is 2.13. The average Bonchev–Trinajstić information content (AvgIpc) is 2.68. The molecule has 1 aliphatic rings. The van der Waals surface area contributed by atoms with Crippen LogP contribution in [0.2, 0.25) is 0 Å². The van der Waals surface area contributed by atoms with Crippen LogP contribution in [-0.2, 0) is 15.6 Å². The van der Waals surface area contributed by atoms with Crippen molar-refractivity contribution in [2.75, 3.05) is 12.3 Å². The summed E-state index contributed by atoms with van der Waals surface area (Å²) in [4.78, 5) is 0. The Labute approximate surface area is 103 Å². The number of hydrogen-bond donors (Lipinski definition) is 1. The summed E-state index contributed by atoms with van der Waals surface area (Å²) in [6, 6.07) is 7.87. The Morgan fingerprint density at radius 2 is 2.24 bits per heavy atom. The molecule has 1 aromatic carbocycles. The van der Waals surface area contributed by atoms with Gasteiger partial charge in [-0.15, -0.1) is 0 Å². The summed E-state index contributed by atoms with van der Waals surface area (Å²) in [5.41, 5.74) is 2.00. The Kier molecular flexibility index (Phi) is 3.84. The lowest BCUT2D eigenvalue weighted by Gasteiger charge is -2.11. The van der Waals surface area contributed by atoms with Crippen molar-refractivity contribution in [1.29, 1.82) is 0 Å². The Morgan fingerprint density at radius 3 is 2.88 bits per heavy atom. The molecule has 1 aromatic rings. The van der Waals surface area contributed by atoms with Gasteiger partial charge >= 0.3 is 0 Å². The number of aryl methyl sites for hydroxylation is 1. The first-order chi connectivity index (χ1) is 8.05. The Bertz CT molecular complexity index is 476. The maximum atomic E-state index is 12.0. The zero-order valence-corrected chi connectivity index (χ0v) is 11.0. The minimum atomic E-state index is -3.00. The monoisotopic (exact) mass is 253 g/mol. The summed E-state index contributed by atoms with van der Waals surface area (Å²) in [7, 11) is -3.00. The van der Waals surface area contributed by atoms with E-state index < -0.39 is 9.84 Å². The van der Waals surface area contributed by atoms with E-state index >= 15 is 0 Å². The Balaban J connectivity index is 2.01. The number of rotatable bonds is 4. The van der Waals surface area contributed by atoms with Gasteiger partial charge < -0.3 is 5.32 Å². The molecule has 1 saturated heterocycles. The Morgan fingerprint density at radius 1 is 1.41 bits per heavy atom. The van der Waals surface area contributed by atoms with Crippen LogP contribution in [0.1, 0.15) is 24.0 Å². The van der Waals surface area contributed by atoms with Crippen LogP contribution in [0.3, 0.4) is 0 Å². The van der Waals surface area contributed by atoms with E-state index in [-0.39, 0.29) is 17.5 Å². The van der Waals surface area contributed by atoms with Gasteiger partial charge in [-0.3, -0.25) is 0 Å². The van der Waals surface area contributed by atoms with Gasteiger partial charge in [-0.25, -0.2) is 8.42 Å². The molecule has 0 amide bonds. The first kappa shape index (κ1) is 12.6. The molecule has 1 heterocycles. The molecular weight excluding hydrogens is 234 g/mol. The maximum Gasteiger partial charge on any atom is 0.155 e. The molecule has 0 bridgehead atoms. The molecule has 4 heteroatoms. The van der Waals surface area contributed by atoms with Crippen LogP contribution in [-0.4, -0.2) is 26.8 Å². The molecule has 1 atom stereocenters. The van der Waals surface area contributed by atoms with Gasteiger partial charge in [0.15, 0.2) is 9.84 Å². The van der Waals surface area contributed by atoms with E-state index in [2.05, 4.69) is 5.32 Å². The van der Waals surface area contributed by atoms with Gasteiger partial charge in [0.2, 0.25) is 0 Å². The molecule has 94 valence electrons. The van der Waals surface area contributed by atoms with Crippen molar-refractivity contribution < 1.29 is 8.42 Å². The molecule has 3 nitrogen and oxygen atoms in total. The number of nitrogens with one attached hydrogen (secondary N) is 1. The largest absolute Gasteiger partial charge is 0.313 e. The second-order valence-corrected chi connectivity index (χ2v) is 6.95. The predicted octanol–water partition coefficient (Wildman–Crippen LogP) is 1.66. The molecule has 1 aliphatic heterocycles. The molecule has 0 saturated carbocycles. The van der Waals surface area contributed by atoms with E-state index in [1.165, 1.54) is 0 Å². The van der Waals surface area contributed by atoms with Crippen molar-refractivity contribution in [3.8, 4) is 0 Å². The molecule has 1 N–H and O–H groups in total. The van der Waals surface area contributed by atoms with E-state index in [0.29, 0.717) is 0 Å². The SMILES string of the molecule is Cc1cccc(CS(=O)(=O)CC2CCCN2)c1. The van der Waals surface area contributed by atoms with E-state index in [1.807, 2.05) is 31.2 Å². The average molecular weight is 253 g/mol. The molecule has 0 radical (unpaired) electrons. The number of sulfone groups is 1. The molecule has 17 heavy (non-hydrogen) atoms. The number of hydrogen-bond acceptors (Lipinski definition) is 3. The van der Waals surface area contributed by atoms with Crippen molar-refractivity contribution in [1.82, 2.24) is 5.32 Å². The van der Waals surface area contributed by atoms with Crippen molar-refractivity contribution in [2.24, 2.45) is 0 Å². The highest BCUT2D eigenvalue weighted by molar-refractivity contribution is 7.90. The quantitative estimate of drug-likeness (QED) is 0.887. The third kappa shape index (κ3) is 3.82. The lowest BCUT2D eigenvalue weighted by Crippen LogP contribution is -2.30. The first-order valence-electron chi connectivity index (χ1n) is 6.04. The minimum absolute atomic E-state index is 0.157. The molecule has 2 rings (SSSR count). The molecular formula is C13H19NO2S. The highest BCUT2D eigenvalue weighted by atomic mass is 32.2. The lowest BCUT2D eigenvalue weighted by molar-refractivity contribution is 0.576. The highest BCUT2D eigenvalue weighted by Gasteiger charge is 2.22. The second-order valence-electron chi connectivity index (χ2n) is 4.84. The van der Waals surface area contributed by atoms with Crippen molar-refractivity contribution >= 4 is 9.84 Å². The van der Waals surface area contributed by atoms with Crippen LogP contribution in [0, 0.1) is 6.92 Å². The van der Waals surface area contributed by atoms with Crippen LogP contribution >= 0.6 is 0 Å². The van der Waals surface area contributed by atoms with Gasteiger partial charge in [0.25, 0.3) is 0 Å². The fourth-order valence-corrected chi connectivity index (χ4v) is 4.02. The van der Waals surface area contributed by atoms with Gasteiger partial charge in [-0.2, -0.15) is 0 Å². The molecule has 0 aliphatic carbocycles. The van der Waals surface area contributed by atoms with Crippen molar-refractivity contribution in [2.45, 2.75) is 31.6 Å². The molecule has 0 aromatic heterocycles. The molecule has 0 spiro atoms. The summed E-state index contributed by atoms with van der Waals surface area (Å²) in [5, 5.41) is 3.23. The smallest absolute Gasteiger partial charge is 0.155 e. The maximum absolute atomic E-state index is 12.0. The first-order valence-corrected chi connectivity index (χ1v) is 7.87. The Hall–Kier alpha value is -0.870. The van der Waals surface area contributed by atoms with Crippen molar-refractivity contribution in [3.05, 3.63) is 35.4 Å². The third-order valence-corrected chi connectivity index (χ3v) is 4.77.